The Labute approximate surface area is 94.6 Å². The molecule has 0 bridgehead atoms. The normalized spacial score (nSPS) is 21.0. The first-order chi connectivity index (χ1) is 7.03. The van der Waals surface area contributed by atoms with Crippen LogP contribution in [0.25, 0.3) is 0 Å². The van der Waals surface area contributed by atoms with Gasteiger partial charge in [0.1, 0.15) is 0 Å². The third-order valence-corrected chi connectivity index (χ3v) is 3.59. The fourth-order valence-electron chi connectivity index (χ4n) is 2.26. The van der Waals surface area contributed by atoms with E-state index < -0.39 is 0 Å². The van der Waals surface area contributed by atoms with E-state index in [1.54, 1.807) is 0 Å². The van der Waals surface area contributed by atoms with Crippen LogP contribution in [0.1, 0.15) is 26.7 Å². The number of nitrogens with zero attached hydrogens (tertiary/aromatic N) is 2. The summed E-state index contributed by atoms with van der Waals surface area (Å²) in [5, 5.41) is 0. The van der Waals surface area contributed by atoms with Crippen molar-refractivity contribution in [2.75, 3.05) is 40.3 Å². The van der Waals surface area contributed by atoms with Gasteiger partial charge in [-0.1, -0.05) is 6.92 Å². The molecular weight excluding hydrogens is 186 g/mol. The molecule has 1 atom stereocenters. The molecule has 0 heterocycles. The molecule has 1 unspecified atom stereocenters. The fourth-order valence-corrected chi connectivity index (χ4v) is 2.26. The van der Waals surface area contributed by atoms with Crippen molar-refractivity contribution in [3.63, 3.8) is 0 Å². The summed E-state index contributed by atoms with van der Waals surface area (Å²) in [4.78, 5) is 4.83. The molecule has 90 valence electrons. The molecule has 2 N–H and O–H groups in total. The summed E-state index contributed by atoms with van der Waals surface area (Å²) in [6.45, 7) is 8.88. The Kier molecular flexibility index (Phi) is 4.56. The topological polar surface area (TPSA) is 32.5 Å². The van der Waals surface area contributed by atoms with Crippen LogP contribution in [0, 0.1) is 5.41 Å². The lowest BCUT2D eigenvalue weighted by Crippen LogP contribution is -2.44. The molecule has 3 heteroatoms. The van der Waals surface area contributed by atoms with Crippen molar-refractivity contribution >= 4 is 0 Å². The molecular formula is C12H27N3. The fraction of sp³-hybridized carbons (Fsp3) is 1.00. The largest absolute Gasteiger partial charge is 0.330 e. The number of rotatable bonds is 7. The molecule has 0 radical (unpaired) electrons. The first-order valence-electron chi connectivity index (χ1n) is 6.12. The maximum atomic E-state index is 5.84. The maximum Gasteiger partial charge on any atom is 0.0194 e. The van der Waals surface area contributed by atoms with Crippen molar-refractivity contribution in [1.29, 1.82) is 0 Å². The van der Waals surface area contributed by atoms with E-state index in [2.05, 4.69) is 37.7 Å². The van der Waals surface area contributed by atoms with Gasteiger partial charge < -0.3 is 10.6 Å². The molecule has 1 rings (SSSR count). The predicted octanol–water partition coefficient (Wildman–Crippen LogP) is 0.997. The average molecular weight is 213 g/mol. The third-order valence-electron chi connectivity index (χ3n) is 3.59. The molecule has 0 aliphatic heterocycles. The lowest BCUT2D eigenvalue weighted by atomic mass is 10.1. The molecule has 15 heavy (non-hydrogen) atoms. The Morgan fingerprint density at radius 3 is 2.27 bits per heavy atom. The quantitative estimate of drug-likeness (QED) is 0.685. The Bertz CT molecular complexity index is 187. The highest BCUT2D eigenvalue weighted by atomic mass is 15.2. The second-order valence-corrected chi connectivity index (χ2v) is 5.38. The van der Waals surface area contributed by atoms with Crippen molar-refractivity contribution in [2.45, 2.75) is 32.7 Å². The van der Waals surface area contributed by atoms with E-state index in [1.165, 1.54) is 19.4 Å². The van der Waals surface area contributed by atoms with Crippen molar-refractivity contribution in [3.8, 4) is 0 Å². The zero-order valence-corrected chi connectivity index (χ0v) is 10.8. The number of nitrogens with two attached hydrogens (primary N) is 1. The maximum absolute atomic E-state index is 5.84. The van der Waals surface area contributed by atoms with Gasteiger partial charge in [-0.05, 0) is 52.4 Å². The second kappa shape index (κ2) is 5.28. The van der Waals surface area contributed by atoms with Crippen LogP contribution in [0.3, 0.4) is 0 Å². The molecule has 0 saturated heterocycles. The molecule has 0 amide bonds. The zero-order valence-electron chi connectivity index (χ0n) is 10.8. The molecule has 0 spiro atoms. The standard InChI is InChI=1S/C12H27N3/c1-5-15(11(2)8-14(3)4)10-12(9-13)6-7-12/h11H,5-10,13H2,1-4H3. The second-order valence-electron chi connectivity index (χ2n) is 5.38. The van der Waals surface area contributed by atoms with Gasteiger partial charge in [-0.25, -0.2) is 0 Å². The van der Waals surface area contributed by atoms with Crippen molar-refractivity contribution < 1.29 is 0 Å². The van der Waals surface area contributed by atoms with E-state index in [-0.39, 0.29) is 0 Å². The first-order valence-corrected chi connectivity index (χ1v) is 6.12. The molecule has 1 saturated carbocycles. The minimum atomic E-state index is 0.469. The van der Waals surface area contributed by atoms with Gasteiger partial charge in [-0.3, -0.25) is 4.90 Å². The van der Waals surface area contributed by atoms with Crippen LogP contribution < -0.4 is 5.73 Å². The summed E-state index contributed by atoms with van der Waals surface area (Å²) >= 11 is 0. The van der Waals surface area contributed by atoms with Crippen molar-refractivity contribution in [3.05, 3.63) is 0 Å². The summed E-state index contributed by atoms with van der Waals surface area (Å²) < 4.78 is 0. The predicted molar refractivity (Wildman–Crippen MR) is 66.0 cm³/mol. The summed E-state index contributed by atoms with van der Waals surface area (Å²) in [6.07, 6.45) is 2.66. The van der Waals surface area contributed by atoms with Crippen LogP contribution in [0.15, 0.2) is 0 Å². The summed E-state index contributed by atoms with van der Waals surface area (Å²) in [6, 6.07) is 0.633. The molecule has 0 aromatic carbocycles. The molecule has 1 aliphatic rings. The minimum absolute atomic E-state index is 0.469. The Balaban J connectivity index is 2.41. The Morgan fingerprint density at radius 2 is 1.93 bits per heavy atom. The van der Waals surface area contributed by atoms with E-state index in [4.69, 9.17) is 5.73 Å². The van der Waals surface area contributed by atoms with Gasteiger partial charge in [0.15, 0.2) is 0 Å². The summed E-state index contributed by atoms with van der Waals surface area (Å²) in [5.41, 5.74) is 6.30. The van der Waals surface area contributed by atoms with Gasteiger partial charge in [0.2, 0.25) is 0 Å². The lowest BCUT2D eigenvalue weighted by Gasteiger charge is -2.32. The van der Waals surface area contributed by atoms with Gasteiger partial charge in [-0.15, -0.1) is 0 Å². The van der Waals surface area contributed by atoms with Crippen LogP contribution in [-0.2, 0) is 0 Å². The lowest BCUT2D eigenvalue weighted by molar-refractivity contribution is 0.151. The molecule has 0 aromatic rings. The average Bonchev–Trinajstić information content (AvgIpc) is 2.93. The molecule has 0 aromatic heterocycles. The highest BCUT2D eigenvalue weighted by Gasteiger charge is 2.42. The Morgan fingerprint density at radius 1 is 1.33 bits per heavy atom. The van der Waals surface area contributed by atoms with Crippen LogP contribution in [0.4, 0.5) is 0 Å². The smallest absolute Gasteiger partial charge is 0.0194 e. The van der Waals surface area contributed by atoms with E-state index in [9.17, 15) is 0 Å². The first kappa shape index (κ1) is 12.9. The van der Waals surface area contributed by atoms with E-state index in [1.807, 2.05) is 0 Å². The zero-order chi connectivity index (χ0) is 11.5. The highest BCUT2D eigenvalue weighted by Crippen LogP contribution is 2.45. The summed E-state index contributed by atoms with van der Waals surface area (Å²) in [5.74, 6) is 0. The van der Waals surface area contributed by atoms with E-state index in [0.717, 1.165) is 19.6 Å². The SMILES string of the molecule is CCN(CC1(CN)CC1)C(C)CN(C)C. The molecule has 3 nitrogen and oxygen atoms in total. The van der Waals surface area contributed by atoms with Gasteiger partial charge >= 0.3 is 0 Å². The summed E-state index contributed by atoms with van der Waals surface area (Å²) in [7, 11) is 4.28. The number of likely N-dealkylation sites (N-methyl/N-ethyl adjacent to an activating group) is 2. The molecule has 1 aliphatic carbocycles. The number of hydrogen-bond acceptors (Lipinski definition) is 3. The van der Waals surface area contributed by atoms with Gasteiger partial charge in [0, 0.05) is 19.1 Å². The van der Waals surface area contributed by atoms with Crippen LogP contribution in [0.2, 0.25) is 0 Å². The Hall–Kier alpha value is -0.120. The van der Waals surface area contributed by atoms with Crippen molar-refractivity contribution in [2.24, 2.45) is 11.1 Å². The van der Waals surface area contributed by atoms with Crippen LogP contribution in [-0.4, -0.2) is 56.1 Å². The van der Waals surface area contributed by atoms with E-state index in [0.29, 0.717) is 11.5 Å². The number of hydrogen-bond donors (Lipinski definition) is 1. The van der Waals surface area contributed by atoms with Crippen molar-refractivity contribution in [1.82, 2.24) is 9.80 Å². The minimum Gasteiger partial charge on any atom is -0.330 e. The van der Waals surface area contributed by atoms with Crippen LogP contribution >= 0.6 is 0 Å². The van der Waals surface area contributed by atoms with Gasteiger partial charge in [0.25, 0.3) is 0 Å². The monoisotopic (exact) mass is 213 g/mol. The van der Waals surface area contributed by atoms with E-state index >= 15 is 0 Å². The molecule has 1 fully saturated rings. The van der Waals surface area contributed by atoms with Gasteiger partial charge in [-0.2, -0.15) is 0 Å². The highest BCUT2D eigenvalue weighted by molar-refractivity contribution is 4.97. The van der Waals surface area contributed by atoms with Crippen LogP contribution in [0.5, 0.6) is 0 Å². The third kappa shape index (κ3) is 3.74. The van der Waals surface area contributed by atoms with Gasteiger partial charge in [0.05, 0.1) is 0 Å².